The van der Waals surface area contributed by atoms with Gasteiger partial charge in [0.2, 0.25) is 0 Å². The van der Waals surface area contributed by atoms with E-state index in [4.69, 9.17) is 14.2 Å². The van der Waals surface area contributed by atoms with Crippen molar-refractivity contribution < 1.29 is 28.6 Å². The lowest BCUT2D eigenvalue weighted by atomic mass is 10.1. The van der Waals surface area contributed by atoms with Crippen LogP contribution in [0.1, 0.15) is 168 Å². The average molecular weight is 723 g/mol. The smallest absolute Gasteiger partial charge is 0.306 e. The Morgan fingerprint density at radius 1 is 0.423 bits per heavy atom. The van der Waals surface area contributed by atoms with Gasteiger partial charge < -0.3 is 14.2 Å². The van der Waals surface area contributed by atoms with Crippen molar-refractivity contribution in [2.75, 3.05) is 13.2 Å². The molecule has 0 fully saturated rings. The molecule has 0 N–H and O–H groups in total. The fraction of sp³-hybridized carbons (Fsp3) is 0.630. The summed E-state index contributed by atoms with van der Waals surface area (Å²) in [6, 6.07) is 0. The summed E-state index contributed by atoms with van der Waals surface area (Å²) in [5, 5.41) is 0. The van der Waals surface area contributed by atoms with E-state index in [9.17, 15) is 14.4 Å². The van der Waals surface area contributed by atoms with Crippen LogP contribution < -0.4 is 0 Å². The van der Waals surface area contributed by atoms with E-state index in [1.165, 1.54) is 44.9 Å². The summed E-state index contributed by atoms with van der Waals surface area (Å²) in [5.41, 5.74) is 0. The molecule has 0 heterocycles. The number of ether oxygens (including phenoxy) is 3. The third kappa shape index (κ3) is 37.8. The summed E-state index contributed by atoms with van der Waals surface area (Å²) < 4.78 is 16.5. The molecular weight excluding hydrogens is 648 g/mol. The topological polar surface area (TPSA) is 78.9 Å². The van der Waals surface area contributed by atoms with Crippen LogP contribution in [0, 0.1) is 0 Å². The Balaban J connectivity index is 4.54. The van der Waals surface area contributed by atoms with Crippen molar-refractivity contribution in [1.29, 1.82) is 0 Å². The minimum atomic E-state index is -0.814. The molecule has 0 aliphatic rings. The predicted octanol–water partition coefficient (Wildman–Crippen LogP) is 12.9. The van der Waals surface area contributed by atoms with Gasteiger partial charge in [0.25, 0.3) is 0 Å². The number of esters is 3. The molecule has 6 heteroatoms. The van der Waals surface area contributed by atoms with Crippen LogP contribution in [0.4, 0.5) is 0 Å². The van der Waals surface area contributed by atoms with Crippen LogP contribution in [0.25, 0.3) is 0 Å². The van der Waals surface area contributed by atoms with Gasteiger partial charge in [-0.3, -0.25) is 14.4 Å². The van der Waals surface area contributed by atoms with Crippen LogP contribution >= 0.6 is 0 Å². The standard InChI is InChI=1S/C46H74O6/c1-4-7-10-13-16-19-22-23-25-27-30-33-36-39-45(48)51-42-43(41-50-44(47)38-35-32-29-26-21-18-15-12-9-6-3)52-46(49)40-37-34-31-28-24-20-17-14-11-8-5-2/h7-8,10-11,13,16-17,19-20,22-23,25,28,31,43H,4-6,9,12,14-15,18,21,24,26-27,29-30,32-42H2,1-3H3/b10-7-,11-8-,16-13-,20-17-,22-19-,25-23-,31-28-. The van der Waals surface area contributed by atoms with Gasteiger partial charge in [0, 0.05) is 19.3 Å². The average Bonchev–Trinajstić information content (AvgIpc) is 3.14. The molecule has 0 spiro atoms. The third-order valence-corrected chi connectivity index (χ3v) is 8.24. The Kier molecular flexibility index (Phi) is 37.7. The Morgan fingerprint density at radius 3 is 1.44 bits per heavy atom. The first-order chi connectivity index (χ1) is 25.5. The van der Waals surface area contributed by atoms with Crippen LogP contribution in [0.3, 0.4) is 0 Å². The number of rotatable bonds is 35. The lowest BCUT2D eigenvalue weighted by Gasteiger charge is -2.18. The number of unbranched alkanes of at least 4 members (excludes halogenated alkanes) is 13. The molecule has 0 saturated carbocycles. The molecule has 0 aromatic rings. The van der Waals surface area contributed by atoms with Crippen molar-refractivity contribution in [2.45, 2.75) is 175 Å². The molecule has 0 aromatic heterocycles. The lowest BCUT2D eigenvalue weighted by molar-refractivity contribution is -0.167. The monoisotopic (exact) mass is 723 g/mol. The highest BCUT2D eigenvalue weighted by atomic mass is 16.6. The van der Waals surface area contributed by atoms with Gasteiger partial charge in [-0.25, -0.2) is 0 Å². The van der Waals surface area contributed by atoms with E-state index >= 15 is 0 Å². The van der Waals surface area contributed by atoms with E-state index in [2.05, 4.69) is 69.4 Å². The summed E-state index contributed by atoms with van der Waals surface area (Å²) >= 11 is 0. The summed E-state index contributed by atoms with van der Waals surface area (Å²) in [6.45, 7) is 6.24. The van der Waals surface area contributed by atoms with E-state index in [0.717, 1.165) is 77.0 Å². The highest BCUT2D eigenvalue weighted by molar-refractivity contribution is 5.71. The molecule has 0 aromatic carbocycles. The van der Waals surface area contributed by atoms with Gasteiger partial charge in [-0.2, -0.15) is 0 Å². The van der Waals surface area contributed by atoms with Crippen LogP contribution in [0.2, 0.25) is 0 Å². The van der Waals surface area contributed by atoms with E-state index in [0.29, 0.717) is 19.3 Å². The normalized spacial score (nSPS) is 12.9. The summed E-state index contributed by atoms with van der Waals surface area (Å²) in [7, 11) is 0. The summed E-state index contributed by atoms with van der Waals surface area (Å²) in [4.78, 5) is 37.5. The van der Waals surface area contributed by atoms with Gasteiger partial charge in [-0.15, -0.1) is 0 Å². The van der Waals surface area contributed by atoms with E-state index in [1.807, 2.05) is 36.5 Å². The van der Waals surface area contributed by atoms with Crippen molar-refractivity contribution >= 4 is 17.9 Å². The van der Waals surface area contributed by atoms with Crippen molar-refractivity contribution in [2.24, 2.45) is 0 Å². The molecule has 0 radical (unpaired) electrons. The molecule has 52 heavy (non-hydrogen) atoms. The fourth-order valence-electron chi connectivity index (χ4n) is 5.18. The maximum atomic E-state index is 12.6. The quantitative estimate of drug-likeness (QED) is 0.0213. The van der Waals surface area contributed by atoms with E-state index < -0.39 is 6.10 Å². The molecule has 0 rings (SSSR count). The largest absolute Gasteiger partial charge is 0.462 e. The second kappa shape index (κ2) is 40.4. The number of carbonyl (C=O) groups excluding carboxylic acids is 3. The van der Waals surface area contributed by atoms with Crippen molar-refractivity contribution in [3.8, 4) is 0 Å². The zero-order valence-corrected chi connectivity index (χ0v) is 33.3. The molecular formula is C46H74O6. The Bertz CT molecular complexity index is 1060. The number of carbonyl (C=O) groups is 3. The van der Waals surface area contributed by atoms with Crippen LogP contribution in [0.15, 0.2) is 85.1 Å². The summed E-state index contributed by atoms with van der Waals surface area (Å²) in [5.74, 6) is -1.02. The molecule has 0 bridgehead atoms. The molecule has 294 valence electrons. The summed E-state index contributed by atoms with van der Waals surface area (Å²) in [6.07, 6.45) is 50.1. The number of allylic oxidation sites excluding steroid dienone is 14. The second-order valence-electron chi connectivity index (χ2n) is 13.2. The van der Waals surface area contributed by atoms with Gasteiger partial charge >= 0.3 is 17.9 Å². The molecule has 1 atom stereocenters. The van der Waals surface area contributed by atoms with Crippen LogP contribution in [-0.2, 0) is 28.6 Å². The Hall–Kier alpha value is -3.41. The molecule has 6 nitrogen and oxygen atoms in total. The molecule has 0 amide bonds. The van der Waals surface area contributed by atoms with Gasteiger partial charge in [-0.05, 0) is 64.2 Å². The van der Waals surface area contributed by atoms with Crippen molar-refractivity contribution in [3.05, 3.63) is 85.1 Å². The first-order valence-electron chi connectivity index (χ1n) is 20.6. The molecule has 0 saturated heterocycles. The highest BCUT2D eigenvalue weighted by Crippen LogP contribution is 2.12. The maximum absolute atomic E-state index is 12.6. The Morgan fingerprint density at radius 2 is 0.865 bits per heavy atom. The maximum Gasteiger partial charge on any atom is 0.306 e. The van der Waals surface area contributed by atoms with Crippen molar-refractivity contribution in [1.82, 2.24) is 0 Å². The zero-order chi connectivity index (χ0) is 38.0. The third-order valence-electron chi connectivity index (χ3n) is 8.24. The van der Waals surface area contributed by atoms with Gasteiger partial charge in [-0.1, -0.05) is 170 Å². The van der Waals surface area contributed by atoms with E-state index in [-0.39, 0.29) is 37.5 Å². The fourth-order valence-corrected chi connectivity index (χ4v) is 5.18. The molecule has 0 aliphatic carbocycles. The minimum absolute atomic E-state index is 0.110. The highest BCUT2D eigenvalue weighted by Gasteiger charge is 2.19. The second-order valence-corrected chi connectivity index (χ2v) is 13.2. The molecule has 0 aliphatic heterocycles. The molecule has 1 unspecified atom stereocenters. The SMILES string of the molecule is CC\C=C/C=C\C=C/C=C\CCCCCC(=O)OCC(COC(=O)CCCCCCCCCCCC)OC(=O)CCC/C=C\C/C=C\C/C=C\CC. The predicted molar refractivity (Wildman–Crippen MR) is 219 cm³/mol. The van der Waals surface area contributed by atoms with Crippen molar-refractivity contribution in [3.63, 3.8) is 0 Å². The Labute approximate surface area is 318 Å². The van der Waals surface area contributed by atoms with Crippen LogP contribution in [-0.4, -0.2) is 37.2 Å². The lowest BCUT2D eigenvalue weighted by Crippen LogP contribution is -2.30. The first kappa shape index (κ1) is 48.6. The van der Waals surface area contributed by atoms with Gasteiger partial charge in [0.05, 0.1) is 0 Å². The minimum Gasteiger partial charge on any atom is -0.462 e. The number of hydrogen-bond donors (Lipinski definition) is 0. The van der Waals surface area contributed by atoms with Gasteiger partial charge in [0.15, 0.2) is 6.10 Å². The van der Waals surface area contributed by atoms with Gasteiger partial charge in [0.1, 0.15) is 13.2 Å². The van der Waals surface area contributed by atoms with Crippen LogP contribution in [0.5, 0.6) is 0 Å². The van der Waals surface area contributed by atoms with E-state index in [1.54, 1.807) is 0 Å². The zero-order valence-electron chi connectivity index (χ0n) is 33.3. The first-order valence-corrected chi connectivity index (χ1v) is 20.6. The number of hydrogen-bond acceptors (Lipinski definition) is 6.